The van der Waals surface area contributed by atoms with E-state index in [1.54, 1.807) is 6.20 Å². The molecule has 2 rings (SSSR count). The Hall–Kier alpha value is -0.940. The molecule has 5 heteroatoms. The number of carbonyl (C=O) groups excluding carboxylic acids is 1. The first-order chi connectivity index (χ1) is 7.27. The van der Waals surface area contributed by atoms with Crippen molar-refractivity contribution in [2.24, 2.45) is 0 Å². The summed E-state index contributed by atoms with van der Waals surface area (Å²) in [4.78, 5) is 18.1. The average molecular weight is 225 g/mol. The first-order valence-electron chi connectivity index (χ1n) is 5.22. The number of hydrogen-bond acceptors (Lipinski definition) is 4. The number of hydrogen-bond donors (Lipinski definition) is 1. The fourth-order valence-electron chi connectivity index (χ4n) is 1.79. The largest absolute Gasteiger partial charge is 0.301 e. The normalized spacial score (nSPS) is 19.0. The van der Waals surface area contributed by atoms with Gasteiger partial charge in [0.15, 0.2) is 5.13 Å². The van der Waals surface area contributed by atoms with Crippen molar-refractivity contribution in [3.63, 3.8) is 0 Å². The first-order valence-corrected chi connectivity index (χ1v) is 6.10. The molecule has 1 amide bonds. The minimum Gasteiger partial charge on any atom is -0.301 e. The number of nitrogens with zero attached hydrogens (tertiary/aromatic N) is 2. The van der Waals surface area contributed by atoms with Gasteiger partial charge < -0.3 is 5.32 Å². The Bertz CT molecular complexity index is 319. The molecular formula is C10H15N3OS. The van der Waals surface area contributed by atoms with E-state index in [1.807, 2.05) is 12.3 Å². The highest BCUT2D eigenvalue weighted by Crippen LogP contribution is 2.15. The summed E-state index contributed by atoms with van der Waals surface area (Å²) >= 11 is 1.45. The van der Waals surface area contributed by atoms with Gasteiger partial charge in [0.05, 0.1) is 6.04 Å². The molecule has 2 heterocycles. The number of rotatable bonds is 3. The van der Waals surface area contributed by atoms with Crippen molar-refractivity contribution in [1.29, 1.82) is 0 Å². The van der Waals surface area contributed by atoms with Crippen LogP contribution < -0.4 is 5.32 Å². The van der Waals surface area contributed by atoms with Crippen molar-refractivity contribution in [3.05, 3.63) is 11.6 Å². The van der Waals surface area contributed by atoms with Crippen LogP contribution in [0.5, 0.6) is 0 Å². The molecule has 0 saturated carbocycles. The molecule has 0 spiro atoms. The summed E-state index contributed by atoms with van der Waals surface area (Å²) in [6.45, 7) is 4.02. The van der Waals surface area contributed by atoms with E-state index in [2.05, 4.69) is 15.2 Å². The minimum absolute atomic E-state index is 0.0450. The maximum Gasteiger partial charge on any atom is 0.243 e. The third-order valence-electron chi connectivity index (χ3n) is 2.73. The van der Waals surface area contributed by atoms with Crippen LogP contribution >= 0.6 is 11.3 Å². The van der Waals surface area contributed by atoms with Gasteiger partial charge in [0.1, 0.15) is 0 Å². The van der Waals surface area contributed by atoms with Crippen LogP contribution in [0, 0.1) is 0 Å². The summed E-state index contributed by atoms with van der Waals surface area (Å²) in [7, 11) is 0. The third-order valence-corrected chi connectivity index (χ3v) is 3.42. The monoisotopic (exact) mass is 225 g/mol. The zero-order chi connectivity index (χ0) is 10.7. The molecule has 0 aliphatic carbocycles. The second-order valence-electron chi connectivity index (χ2n) is 3.75. The SMILES string of the molecule is CC(C(=O)Nc1nccs1)N1CCCC1. The van der Waals surface area contributed by atoms with Crippen molar-refractivity contribution in [1.82, 2.24) is 9.88 Å². The number of carbonyl (C=O) groups is 1. The number of nitrogens with one attached hydrogen (secondary N) is 1. The molecule has 15 heavy (non-hydrogen) atoms. The molecule has 1 aliphatic rings. The Morgan fingerprint density at radius 1 is 1.60 bits per heavy atom. The maximum atomic E-state index is 11.8. The van der Waals surface area contributed by atoms with E-state index in [1.165, 1.54) is 24.2 Å². The van der Waals surface area contributed by atoms with E-state index < -0.39 is 0 Å². The molecule has 1 aromatic rings. The molecule has 0 radical (unpaired) electrons. The highest BCUT2D eigenvalue weighted by molar-refractivity contribution is 7.13. The van der Waals surface area contributed by atoms with Crippen LogP contribution in [0.2, 0.25) is 0 Å². The number of thiazole rings is 1. The van der Waals surface area contributed by atoms with Crippen LogP contribution in [0.15, 0.2) is 11.6 Å². The zero-order valence-corrected chi connectivity index (χ0v) is 9.59. The summed E-state index contributed by atoms with van der Waals surface area (Å²) in [6, 6.07) is -0.0450. The predicted octanol–water partition coefficient (Wildman–Crippen LogP) is 1.57. The second kappa shape index (κ2) is 4.72. The number of anilines is 1. The van der Waals surface area contributed by atoms with Gasteiger partial charge >= 0.3 is 0 Å². The smallest absolute Gasteiger partial charge is 0.243 e. The Morgan fingerprint density at radius 2 is 2.33 bits per heavy atom. The summed E-state index contributed by atoms with van der Waals surface area (Å²) < 4.78 is 0. The summed E-state index contributed by atoms with van der Waals surface area (Å²) in [5, 5.41) is 5.37. The zero-order valence-electron chi connectivity index (χ0n) is 8.77. The average Bonchev–Trinajstić information content (AvgIpc) is 2.88. The highest BCUT2D eigenvalue weighted by atomic mass is 32.1. The van der Waals surface area contributed by atoms with E-state index in [4.69, 9.17) is 0 Å². The minimum atomic E-state index is -0.0450. The molecule has 1 aliphatic heterocycles. The van der Waals surface area contributed by atoms with Crippen LogP contribution in [0.1, 0.15) is 19.8 Å². The number of likely N-dealkylation sites (tertiary alicyclic amines) is 1. The van der Waals surface area contributed by atoms with E-state index >= 15 is 0 Å². The molecule has 4 nitrogen and oxygen atoms in total. The Morgan fingerprint density at radius 3 is 2.93 bits per heavy atom. The molecule has 1 N–H and O–H groups in total. The summed E-state index contributed by atoms with van der Waals surface area (Å²) in [6.07, 6.45) is 4.10. The van der Waals surface area contributed by atoms with Gasteiger partial charge in [0.2, 0.25) is 5.91 Å². The van der Waals surface area contributed by atoms with Gasteiger partial charge in [-0.15, -0.1) is 11.3 Å². The molecule has 1 fully saturated rings. The van der Waals surface area contributed by atoms with E-state index in [0.29, 0.717) is 5.13 Å². The molecule has 1 unspecified atom stereocenters. The number of amides is 1. The highest BCUT2D eigenvalue weighted by Gasteiger charge is 2.24. The summed E-state index contributed by atoms with van der Waals surface area (Å²) in [5.41, 5.74) is 0. The first kappa shape index (κ1) is 10.6. The van der Waals surface area contributed by atoms with Crippen molar-refractivity contribution in [2.45, 2.75) is 25.8 Å². The van der Waals surface area contributed by atoms with Gasteiger partial charge in [-0.3, -0.25) is 9.69 Å². The Balaban J connectivity index is 1.89. The van der Waals surface area contributed by atoms with Gasteiger partial charge in [0, 0.05) is 11.6 Å². The van der Waals surface area contributed by atoms with Gasteiger partial charge in [-0.05, 0) is 32.9 Å². The van der Waals surface area contributed by atoms with Crippen molar-refractivity contribution in [3.8, 4) is 0 Å². The predicted molar refractivity (Wildman–Crippen MR) is 61.0 cm³/mol. The molecule has 1 saturated heterocycles. The van der Waals surface area contributed by atoms with Crippen LogP contribution in [0.3, 0.4) is 0 Å². The van der Waals surface area contributed by atoms with Crippen molar-refractivity contribution >= 4 is 22.4 Å². The Kier molecular flexibility index (Phi) is 3.33. The van der Waals surface area contributed by atoms with Crippen molar-refractivity contribution < 1.29 is 4.79 Å². The standard InChI is InChI=1S/C10H15N3OS/c1-8(13-5-2-3-6-13)9(14)12-10-11-4-7-15-10/h4,7-8H,2-3,5-6H2,1H3,(H,11,12,14). The van der Waals surface area contributed by atoms with Crippen LogP contribution in [-0.4, -0.2) is 34.9 Å². The lowest BCUT2D eigenvalue weighted by molar-refractivity contribution is -0.120. The molecule has 82 valence electrons. The quantitative estimate of drug-likeness (QED) is 0.849. The van der Waals surface area contributed by atoms with Gasteiger partial charge in [-0.25, -0.2) is 4.98 Å². The maximum absolute atomic E-state index is 11.8. The molecule has 0 aromatic carbocycles. The molecule has 0 bridgehead atoms. The fourth-order valence-corrected chi connectivity index (χ4v) is 2.32. The van der Waals surface area contributed by atoms with Gasteiger partial charge in [-0.1, -0.05) is 0 Å². The van der Waals surface area contributed by atoms with E-state index in [-0.39, 0.29) is 11.9 Å². The van der Waals surface area contributed by atoms with Crippen molar-refractivity contribution in [2.75, 3.05) is 18.4 Å². The van der Waals surface area contributed by atoms with Crippen LogP contribution in [0.25, 0.3) is 0 Å². The molecule has 1 atom stereocenters. The van der Waals surface area contributed by atoms with Gasteiger partial charge in [-0.2, -0.15) is 0 Å². The fraction of sp³-hybridized carbons (Fsp3) is 0.600. The Labute approximate surface area is 93.3 Å². The van der Waals surface area contributed by atoms with E-state index in [0.717, 1.165) is 13.1 Å². The van der Waals surface area contributed by atoms with Crippen LogP contribution in [0.4, 0.5) is 5.13 Å². The second-order valence-corrected chi connectivity index (χ2v) is 4.64. The lowest BCUT2D eigenvalue weighted by Gasteiger charge is -2.21. The number of aromatic nitrogens is 1. The third kappa shape index (κ3) is 2.54. The van der Waals surface area contributed by atoms with E-state index in [9.17, 15) is 4.79 Å². The lowest BCUT2D eigenvalue weighted by atomic mass is 10.3. The topological polar surface area (TPSA) is 45.2 Å². The molecule has 1 aromatic heterocycles. The molecular weight excluding hydrogens is 210 g/mol. The van der Waals surface area contributed by atoms with Crippen LogP contribution in [-0.2, 0) is 4.79 Å². The summed E-state index contributed by atoms with van der Waals surface area (Å²) in [5.74, 6) is 0.0480. The van der Waals surface area contributed by atoms with Gasteiger partial charge in [0.25, 0.3) is 0 Å². The lowest BCUT2D eigenvalue weighted by Crippen LogP contribution is -2.40.